The lowest BCUT2D eigenvalue weighted by molar-refractivity contribution is -0.124. The molecule has 0 spiro atoms. The smallest absolute Gasteiger partial charge is 0.224 e. The van der Waals surface area contributed by atoms with Gasteiger partial charge in [0.25, 0.3) is 0 Å². The molecule has 1 unspecified atom stereocenters. The summed E-state index contributed by atoms with van der Waals surface area (Å²) >= 11 is 5.21. The van der Waals surface area contributed by atoms with E-state index >= 15 is 0 Å². The highest BCUT2D eigenvalue weighted by Gasteiger charge is 2.52. The first-order chi connectivity index (χ1) is 8.27. The summed E-state index contributed by atoms with van der Waals surface area (Å²) in [6.07, 6.45) is 4.94. The molecule has 2 rings (SSSR count). The lowest BCUT2D eigenvalue weighted by atomic mass is 9.77. The van der Waals surface area contributed by atoms with Gasteiger partial charge >= 0.3 is 0 Å². The minimum Gasteiger partial charge on any atom is -0.391 e. The predicted octanol–water partition coefficient (Wildman–Crippen LogP) is 2.38. The van der Waals surface area contributed by atoms with E-state index in [0.717, 1.165) is 32.1 Å². The maximum absolute atomic E-state index is 12.3. The van der Waals surface area contributed by atoms with Crippen LogP contribution in [0.15, 0.2) is 0 Å². The fourth-order valence-electron chi connectivity index (χ4n) is 2.93. The molecule has 2 fully saturated rings. The summed E-state index contributed by atoms with van der Waals surface area (Å²) in [5.41, 5.74) is 5.64. The van der Waals surface area contributed by atoms with E-state index in [1.807, 2.05) is 0 Å². The predicted molar refractivity (Wildman–Crippen MR) is 77.2 cm³/mol. The molecule has 0 aliphatic heterocycles. The van der Waals surface area contributed by atoms with Crippen molar-refractivity contribution in [1.82, 2.24) is 5.32 Å². The fourth-order valence-corrected chi connectivity index (χ4v) is 3.18. The lowest BCUT2D eigenvalue weighted by Gasteiger charge is -2.39. The van der Waals surface area contributed by atoms with Gasteiger partial charge in [-0.05, 0) is 43.4 Å². The van der Waals surface area contributed by atoms with Crippen molar-refractivity contribution in [2.45, 2.75) is 58.4 Å². The number of carbonyl (C=O) groups is 1. The highest BCUT2D eigenvalue weighted by Crippen LogP contribution is 2.52. The molecule has 2 saturated carbocycles. The molecule has 0 bridgehead atoms. The number of thiocarbonyl (C=S) groups is 1. The normalized spacial score (nSPS) is 37.9. The second-order valence-corrected chi connectivity index (χ2v) is 7.30. The van der Waals surface area contributed by atoms with Crippen LogP contribution in [0.25, 0.3) is 0 Å². The van der Waals surface area contributed by atoms with Crippen LogP contribution in [-0.4, -0.2) is 16.4 Å². The first kappa shape index (κ1) is 13.8. The van der Waals surface area contributed by atoms with Crippen LogP contribution in [0, 0.1) is 17.3 Å². The average molecular weight is 268 g/mol. The lowest BCUT2D eigenvalue weighted by Crippen LogP contribution is -2.58. The molecule has 102 valence electrons. The molecule has 0 saturated heterocycles. The molecule has 4 heteroatoms. The number of rotatable bonds is 3. The van der Waals surface area contributed by atoms with E-state index < -0.39 is 5.54 Å². The van der Waals surface area contributed by atoms with Gasteiger partial charge in [-0.15, -0.1) is 0 Å². The second kappa shape index (κ2) is 4.48. The summed E-state index contributed by atoms with van der Waals surface area (Å²) in [4.78, 5) is 12.7. The van der Waals surface area contributed by atoms with Crippen molar-refractivity contribution in [3.05, 3.63) is 0 Å². The molecule has 1 atom stereocenters. The molecule has 0 aromatic rings. The Morgan fingerprint density at radius 3 is 2.22 bits per heavy atom. The highest BCUT2D eigenvalue weighted by molar-refractivity contribution is 7.80. The SMILES string of the molecule is CC1CCC(NC(=O)C2CC2(C)C)(C(N)=S)CC1. The van der Waals surface area contributed by atoms with Crippen LogP contribution >= 0.6 is 12.2 Å². The average Bonchev–Trinajstić information content (AvgIpc) is 2.91. The zero-order valence-electron chi connectivity index (χ0n) is 11.6. The zero-order chi connectivity index (χ0) is 13.6. The van der Waals surface area contributed by atoms with Gasteiger partial charge in [-0.2, -0.15) is 0 Å². The van der Waals surface area contributed by atoms with Gasteiger partial charge < -0.3 is 11.1 Å². The van der Waals surface area contributed by atoms with E-state index in [1.165, 1.54) is 0 Å². The molecule has 0 aromatic carbocycles. The Bertz CT molecular complexity index is 370. The number of nitrogens with one attached hydrogen (secondary N) is 1. The molecule has 0 aromatic heterocycles. The third-order valence-electron chi connectivity index (χ3n) is 4.79. The molecule has 3 nitrogen and oxygen atoms in total. The Morgan fingerprint density at radius 1 is 1.33 bits per heavy atom. The van der Waals surface area contributed by atoms with Crippen LogP contribution in [0.2, 0.25) is 0 Å². The molecule has 18 heavy (non-hydrogen) atoms. The van der Waals surface area contributed by atoms with Gasteiger partial charge in [0.05, 0.1) is 10.5 Å². The van der Waals surface area contributed by atoms with Crippen molar-refractivity contribution >= 4 is 23.1 Å². The minimum atomic E-state index is -0.419. The summed E-state index contributed by atoms with van der Waals surface area (Å²) in [7, 11) is 0. The topological polar surface area (TPSA) is 55.1 Å². The molecular formula is C14H24N2OS. The quantitative estimate of drug-likeness (QED) is 0.773. The molecule has 0 radical (unpaired) electrons. The third kappa shape index (κ3) is 2.53. The third-order valence-corrected chi connectivity index (χ3v) is 5.18. The Kier molecular flexibility index (Phi) is 3.43. The van der Waals surface area contributed by atoms with Gasteiger partial charge in [0.15, 0.2) is 0 Å². The van der Waals surface area contributed by atoms with Gasteiger partial charge in [-0.1, -0.05) is 33.0 Å². The van der Waals surface area contributed by atoms with Crippen LogP contribution < -0.4 is 11.1 Å². The molecule has 0 heterocycles. The fraction of sp³-hybridized carbons (Fsp3) is 0.857. The van der Waals surface area contributed by atoms with E-state index in [2.05, 4.69) is 26.1 Å². The van der Waals surface area contributed by atoms with Crippen LogP contribution in [-0.2, 0) is 4.79 Å². The van der Waals surface area contributed by atoms with Crippen molar-refractivity contribution in [1.29, 1.82) is 0 Å². The summed E-state index contributed by atoms with van der Waals surface area (Å²) in [5, 5.41) is 3.16. The Morgan fingerprint density at radius 2 is 1.83 bits per heavy atom. The maximum atomic E-state index is 12.3. The van der Waals surface area contributed by atoms with Crippen molar-refractivity contribution in [2.75, 3.05) is 0 Å². The van der Waals surface area contributed by atoms with Crippen LogP contribution in [0.5, 0.6) is 0 Å². The first-order valence-corrected chi connectivity index (χ1v) is 7.30. The highest BCUT2D eigenvalue weighted by atomic mass is 32.1. The summed E-state index contributed by atoms with van der Waals surface area (Å²) in [6, 6.07) is 0. The van der Waals surface area contributed by atoms with Crippen LogP contribution in [0.3, 0.4) is 0 Å². The molecule has 2 aliphatic carbocycles. The van der Waals surface area contributed by atoms with E-state index in [0.29, 0.717) is 10.9 Å². The minimum absolute atomic E-state index is 0.141. The van der Waals surface area contributed by atoms with Gasteiger partial charge in [-0.3, -0.25) is 4.79 Å². The van der Waals surface area contributed by atoms with Crippen LogP contribution in [0.1, 0.15) is 52.9 Å². The number of nitrogens with two attached hydrogens (primary N) is 1. The summed E-state index contributed by atoms with van der Waals surface area (Å²) in [6.45, 7) is 6.51. The zero-order valence-corrected chi connectivity index (χ0v) is 12.4. The molecule has 1 amide bonds. The number of amides is 1. The second-order valence-electron chi connectivity index (χ2n) is 6.86. The molecular weight excluding hydrogens is 244 g/mol. The summed E-state index contributed by atoms with van der Waals surface area (Å²) < 4.78 is 0. The first-order valence-electron chi connectivity index (χ1n) is 6.89. The molecule has 2 aliphatic rings. The Balaban J connectivity index is 2.03. The number of hydrogen-bond donors (Lipinski definition) is 2. The van der Waals surface area contributed by atoms with E-state index in [9.17, 15) is 4.79 Å². The maximum Gasteiger partial charge on any atom is 0.224 e. The van der Waals surface area contributed by atoms with Crippen LogP contribution in [0.4, 0.5) is 0 Å². The van der Waals surface area contributed by atoms with E-state index in [-0.39, 0.29) is 17.2 Å². The van der Waals surface area contributed by atoms with Gasteiger partial charge in [-0.25, -0.2) is 0 Å². The van der Waals surface area contributed by atoms with Gasteiger partial charge in [0.1, 0.15) is 0 Å². The van der Waals surface area contributed by atoms with Gasteiger partial charge in [0, 0.05) is 5.92 Å². The van der Waals surface area contributed by atoms with Crippen molar-refractivity contribution in [3.8, 4) is 0 Å². The summed E-state index contributed by atoms with van der Waals surface area (Å²) in [5.74, 6) is 0.993. The van der Waals surface area contributed by atoms with E-state index in [4.69, 9.17) is 18.0 Å². The monoisotopic (exact) mass is 268 g/mol. The standard InChI is InChI=1S/C14H24N2OS/c1-9-4-6-14(7-5-9,12(15)18)16-11(17)10-8-13(10,2)3/h9-10H,4-8H2,1-3H3,(H2,15,18)(H,16,17). The number of hydrogen-bond acceptors (Lipinski definition) is 2. The Labute approximate surface area is 115 Å². The molecule has 3 N–H and O–H groups in total. The van der Waals surface area contributed by atoms with Crippen molar-refractivity contribution in [2.24, 2.45) is 23.0 Å². The van der Waals surface area contributed by atoms with Crippen molar-refractivity contribution in [3.63, 3.8) is 0 Å². The van der Waals surface area contributed by atoms with Gasteiger partial charge in [0.2, 0.25) is 5.91 Å². The Hall–Kier alpha value is -0.640. The van der Waals surface area contributed by atoms with E-state index in [1.54, 1.807) is 0 Å². The number of carbonyl (C=O) groups excluding carboxylic acids is 1. The van der Waals surface area contributed by atoms with Crippen molar-refractivity contribution < 1.29 is 4.79 Å². The largest absolute Gasteiger partial charge is 0.391 e.